The molecule has 3 atom stereocenters. The highest BCUT2D eigenvalue weighted by atomic mass is 16.5. The number of Topliss-reactive ketones (excluding diaryl/α,β-unsaturated/α-hetero) is 3. The van der Waals surface area contributed by atoms with Crippen molar-refractivity contribution in [1.29, 1.82) is 0 Å². The summed E-state index contributed by atoms with van der Waals surface area (Å²) in [6.07, 6.45) is 5.37. The molecule has 6 heteroatoms. The van der Waals surface area contributed by atoms with Crippen LogP contribution in [0.3, 0.4) is 0 Å². The number of ether oxygens (including phenoxy) is 1. The van der Waals surface area contributed by atoms with E-state index in [0.717, 1.165) is 11.3 Å². The number of para-hydroxylation sites is 1. The number of fused-ring (bicyclic) bond motifs is 5. The summed E-state index contributed by atoms with van der Waals surface area (Å²) in [6.45, 7) is 0. The number of hydrogen-bond acceptors (Lipinski definition) is 6. The van der Waals surface area contributed by atoms with Crippen molar-refractivity contribution < 1.29 is 23.5 Å². The van der Waals surface area contributed by atoms with Gasteiger partial charge < -0.3 is 14.1 Å². The molecule has 1 saturated heterocycles. The van der Waals surface area contributed by atoms with Crippen molar-refractivity contribution in [2.75, 3.05) is 12.0 Å². The first kappa shape index (κ1) is 22.5. The fourth-order valence-electron chi connectivity index (χ4n) is 6.62. The zero-order valence-corrected chi connectivity index (χ0v) is 20.5. The minimum Gasteiger partial charge on any atom is -0.497 e. The van der Waals surface area contributed by atoms with Crippen molar-refractivity contribution in [3.63, 3.8) is 0 Å². The summed E-state index contributed by atoms with van der Waals surface area (Å²) in [5, 5.41) is 0. The highest BCUT2D eigenvalue weighted by Gasteiger charge is 2.72. The third-order valence-electron chi connectivity index (χ3n) is 8.21. The molecule has 0 saturated carbocycles. The lowest BCUT2D eigenvalue weighted by Crippen LogP contribution is -2.48. The van der Waals surface area contributed by atoms with E-state index in [2.05, 4.69) is 0 Å². The molecule has 186 valence electrons. The molecule has 3 heterocycles. The van der Waals surface area contributed by atoms with E-state index in [4.69, 9.17) is 9.15 Å². The fourth-order valence-corrected chi connectivity index (χ4v) is 6.62. The third-order valence-corrected chi connectivity index (χ3v) is 8.21. The molecule has 0 N–H and O–H groups in total. The molecule has 0 unspecified atom stereocenters. The first-order chi connectivity index (χ1) is 18.6. The van der Waals surface area contributed by atoms with Gasteiger partial charge >= 0.3 is 0 Å². The van der Waals surface area contributed by atoms with Gasteiger partial charge in [-0.2, -0.15) is 0 Å². The number of ketones is 3. The van der Waals surface area contributed by atoms with Gasteiger partial charge in [-0.25, -0.2) is 0 Å². The Kier molecular flexibility index (Phi) is 4.82. The fraction of sp³-hybridized carbons (Fsp3) is 0.156. The van der Waals surface area contributed by atoms with E-state index in [-0.39, 0.29) is 17.3 Å². The number of nitrogens with zero attached hydrogens (tertiary/aromatic N) is 1. The predicted octanol–water partition coefficient (Wildman–Crippen LogP) is 5.60. The van der Waals surface area contributed by atoms with Crippen LogP contribution in [0, 0.1) is 5.41 Å². The van der Waals surface area contributed by atoms with E-state index in [1.54, 1.807) is 67.8 Å². The minimum absolute atomic E-state index is 0.197. The number of hydrogen-bond donors (Lipinski definition) is 0. The maximum absolute atomic E-state index is 14.5. The van der Waals surface area contributed by atoms with Gasteiger partial charge in [0.25, 0.3) is 0 Å². The van der Waals surface area contributed by atoms with Crippen molar-refractivity contribution in [3.05, 3.63) is 125 Å². The van der Waals surface area contributed by atoms with Crippen molar-refractivity contribution in [1.82, 2.24) is 0 Å². The smallest absolute Gasteiger partial charge is 0.186 e. The number of rotatable bonds is 4. The lowest BCUT2D eigenvalue weighted by Gasteiger charge is -2.37. The average molecular weight is 502 g/mol. The summed E-state index contributed by atoms with van der Waals surface area (Å²) in [4.78, 5) is 45.3. The molecule has 38 heavy (non-hydrogen) atoms. The van der Waals surface area contributed by atoms with Gasteiger partial charge in [0, 0.05) is 22.4 Å². The van der Waals surface area contributed by atoms with E-state index < -0.39 is 23.4 Å². The lowest BCUT2D eigenvalue weighted by atomic mass is 9.65. The Bertz CT molecular complexity index is 1600. The summed E-state index contributed by atoms with van der Waals surface area (Å²) in [7, 11) is 1.57. The van der Waals surface area contributed by atoms with Crippen LogP contribution in [0.15, 0.2) is 102 Å². The molecule has 0 amide bonds. The van der Waals surface area contributed by atoms with Crippen LogP contribution in [-0.2, 0) is 0 Å². The van der Waals surface area contributed by atoms with Gasteiger partial charge in [0.2, 0.25) is 0 Å². The number of methoxy groups -OCH3 is 1. The minimum atomic E-state index is -1.56. The third kappa shape index (κ3) is 2.80. The zero-order chi connectivity index (χ0) is 26.0. The number of carbonyl (C=O) groups is 3. The van der Waals surface area contributed by atoms with E-state index in [1.165, 1.54) is 6.26 Å². The second-order valence-corrected chi connectivity index (χ2v) is 9.87. The van der Waals surface area contributed by atoms with Crippen LogP contribution in [0.1, 0.15) is 48.3 Å². The van der Waals surface area contributed by atoms with Gasteiger partial charge in [0.05, 0.1) is 25.3 Å². The lowest BCUT2D eigenvalue weighted by molar-refractivity contribution is 0.0652. The SMILES string of the molecule is COc1ccc(C(=O)[C@H]2[C@H](c3ccco3)C3(C(=O)c4ccccc4C3=O)[C@H]3C=Cc4ccccc4N23)cc1. The van der Waals surface area contributed by atoms with Gasteiger partial charge in [-0.15, -0.1) is 0 Å². The molecular weight excluding hydrogens is 478 g/mol. The Morgan fingerprint density at radius 2 is 1.55 bits per heavy atom. The first-order valence-corrected chi connectivity index (χ1v) is 12.5. The van der Waals surface area contributed by atoms with Gasteiger partial charge in [0.1, 0.15) is 23.0 Å². The normalized spacial score (nSPS) is 22.3. The van der Waals surface area contributed by atoms with Gasteiger partial charge in [0.15, 0.2) is 17.3 Å². The average Bonchev–Trinajstić information content (AvgIpc) is 3.66. The number of benzene rings is 3. The van der Waals surface area contributed by atoms with E-state index in [1.807, 2.05) is 41.3 Å². The molecule has 1 spiro atoms. The molecule has 2 aliphatic heterocycles. The Morgan fingerprint density at radius 3 is 2.21 bits per heavy atom. The standard InChI is InChI=1S/C32H23NO5/c1-37-21-15-12-20(13-16-21)29(34)28-27(25-11-6-18-38-25)32(30(35)22-8-3-4-9-23(22)31(32)36)26-17-14-19-7-2-5-10-24(19)33(26)28/h2-18,26-28H,1H3/t26-,27+,28-/m1/s1. The number of furan rings is 1. The van der Waals surface area contributed by atoms with Crippen molar-refractivity contribution in [2.45, 2.75) is 18.0 Å². The summed E-state index contributed by atoms with van der Waals surface area (Å²) in [5.41, 5.74) is 1.40. The monoisotopic (exact) mass is 501 g/mol. The van der Waals surface area contributed by atoms with Gasteiger partial charge in [-0.1, -0.05) is 54.6 Å². The first-order valence-electron chi connectivity index (χ1n) is 12.5. The Labute approximate surface area is 219 Å². The Hall–Kier alpha value is -4.71. The van der Waals surface area contributed by atoms with Crippen LogP contribution >= 0.6 is 0 Å². The summed E-state index contributed by atoms with van der Waals surface area (Å²) in [6, 6.07) is 23.6. The number of anilines is 1. The Morgan fingerprint density at radius 1 is 0.868 bits per heavy atom. The molecule has 1 aliphatic carbocycles. The van der Waals surface area contributed by atoms with Crippen molar-refractivity contribution >= 4 is 29.1 Å². The second kappa shape index (κ2) is 8.15. The van der Waals surface area contributed by atoms with Crippen LogP contribution in [0.25, 0.3) is 6.08 Å². The van der Waals surface area contributed by atoms with E-state index in [0.29, 0.717) is 28.2 Å². The largest absolute Gasteiger partial charge is 0.497 e. The quantitative estimate of drug-likeness (QED) is 0.267. The van der Waals surface area contributed by atoms with Crippen LogP contribution in [-0.4, -0.2) is 36.5 Å². The molecule has 1 fully saturated rings. The summed E-state index contributed by atoms with van der Waals surface area (Å²) in [5.74, 6) is -0.524. The summed E-state index contributed by atoms with van der Waals surface area (Å²) < 4.78 is 11.2. The zero-order valence-electron chi connectivity index (χ0n) is 20.5. The topological polar surface area (TPSA) is 76.8 Å². The highest BCUT2D eigenvalue weighted by Crippen LogP contribution is 2.61. The van der Waals surface area contributed by atoms with Crippen LogP contribution in [0.5, 0.6) is 5.75 Å². The maximum atomic E-state index is 14.5. The Balaban J connectivity index is 1.51. The highest BCUT2D eigenvalue weighted by molar-refractivity contribution is 6.32. The molecule has 4 aromatic rings. The van der Waals surface area contributed by atoms with Crippen LogP contribution < -0.4 is 9.64 Å². The molecule has 3 aliphatic rings. The predicted molar refractivity (Wildman–Crippen MR) is 142 cm³/mol. The van der Waals surface area contributed by atoms with E-state index in [9.17, 15) is 14.4 Å². The molecular formula is C32H23NO5. The second-order valence-electron chi connectivity index (χ2n) is 9.87. The molecule has 3 aromatic carbocycles. The van der Waals surface area contributed by atoms with Gasteiger partial charge in [-0.05, 0) is 48.0 Å². The van der Waals surface area contributed by atoms with Crippen molar-refractivity contribution in [2.24, 2.45) is 5.41 Å². The van der Waals surface area contributed by atoms with E-state index >= 15 is 0 Å². The molecule has 0 bridgehead atoms. The van der Waals surface area contributed by atoms with Crippen LogP contribution in [0.2, 0.25) is 0 Å². The summed E-state index contributed by atoms with van der Waals surface area (Å²) >= 11 is 0. The maximum Gasteiger partial charge on any atom is 0.186 e. The number of carbonyl (C=O) groups excluding carboxylic acids is 3. The van der Waals surface area contributed by atoms with Gasteiger partial charge in [-0.3, -0.25) is 14.4 Å². The molecule has 7 rings (SSSR count). The molecule has 6 nitrogen and oxygen atoms in total. The van der Waals surface area contributed by atoms with Crippen molar-refractivity contribution in [3.8, 4) is 5.75 Å². The van der Waals surface area contributed by atoms with Crippen LogP contribution in [0.4, 0.5) is 5.69 Å². The molecule has 1 aromatic heterocycles. The molecule has 0 radical (unpaired) electrons.